The van der Waals surface area contributed by atoms with Crippen molar-refractivity contribution in [1.29, 1.82) is 0 Å². The van der Waals surface area contributed by atoms with Gasteiger partial charge in [0.1, 0.15) is 0 Å². The zero-order valence-electron chi connectivity index (χ0n) is 7.42. The predicted molar refractivity (Wildman–Crippen MR) is 53.2 cm³/mol. The molecule has 1 aromatic carbocycles. The van der Waals surface area contributed by atoms with E-state index in [9.17, 15) is 0 Å². The van der Waals surface area contributed by atoms with Gasteiger partial charge in [0.05, 0.1) is 0 Å². The van der Waals surface area contributed by atoms with Crippen LogP contribution in [-0.4, -0.2) is 0 Å². The molecule has 0 spiro atoms. The van der Waals surface area contributed by atoms with Crippen LogP contribution < -0.4 is 5.73 Å². The summed E-state index contributed by atoms with van der Waals surface area (Å²) in [6.07, 6.45) is 0. The number of halogens is 1. The molecule has 0 unspecified atom stereocenters. The monoisotopic (exact) mass is 183 g/mol. The van der Waals surface area contributed by atoms with E-state index in [-0.39, 0.29) is 6.04 Å². The van der Waals surface area contributed by atoms with Crippen molar-refractivity contribution in [2.24, 2.45) is 11.7 Å². The quantitative estimate of drug-likeness (QED) is 0.750. The lowest BCUT2D eigenvalue weighted by Crippen LogP contribution is -2.16. The molecule has 0 radical (unpaired) electrons. The van der Waals surface area contributed by atoms with Gasteiger partial charge in [-0.3, -0.25) is 0 Å². The Bertz CT molecular complexity index is 258. The van der Waals surface area contributed by atoms with Gasteiger partial charge in [-0.2, -0.15) is 0 Å². The Labute approximate surface area is 78.5 Å². The number of hydrogen-bond donors (Lipinski definition) is 1. The summed E-state index contributed by atoms with van der Waals surface area (Å²) in [6.45, 7) is 4.18. The van der Waals surface area contributed by atoms with Crippen LogP contribution in [0.1, 0.15) is 25.5 Å². The summed E-state index contributed by atoms with van der Waals surface area (Å²) in [5, 5.41) is 0.763. The van der Waals surface area contributed by atoms with Gasteiger partial charge < -0.3 is 5.73 Å². The standard InChI is InChI=1S/C10H14ClN/c1-7(2)10(12)8-5-3-4-6-9(8)11/h3-7,10H,12H2,1-2H3/t10-/m1/s1. The van der Waals surface area contributed by atoms with Crippen LogP contribution in [0.15, 0.2) is 24.3 Å². The molecule has 0 aliphatic carbocycles. The summed E-state index contributed by atoms with van der Waals surface area (Å²) >= 11 is 5.98. The maximum atomic E-state index is 5.98. The van der Waals surface area contributed by atoms with E-state index in [1.165, 1.54) is 0 Å². The molecule has 0 fully saturated rings. The molecule has 0 saturated carbocycles. The Morgan fingerprint density at radius 1 is 1.25 bits per heavy atom. The third kappa shape index (κ3) is 1.99. The van der Waals surface area contributed by atoms with Crippen molar-refractivity contribution in [3.05, 3.63) is 34.9 Å². The van der Waals surface area contributed by atoms with Crippen molar-refractivity contribution in [3.63, 3.8) is 0 Å². The first-order chi connectivity index (χ1) is 5.63. The van der Waals surface area contributed by atoms with Crippen molar-refractivity contribution in [3.8, 4) is 0 Å². The Morgan fingerprint density at radius 2 is 1.83 bits per heavy atom. The van der Waals surface area contributed by atoms with Crippen molar-refractivity contribution in [2.75, 3.05) is 0 Å². The van der Waals surface area contributed by atoms with Crippen molar-refractivity contribution < 1.29 is 0 Å². The SMILES string of the molecule is CC(C)[C@@H](N)c1ccccc1Cl. The fraction of sp³-hybridized carbons (Fsp3) is 0.400. The van der Waals surface area contributed by atoms with E-state index in [0.717, 1.165) is 10.6 Å². The smallest absolute Gasteiger partial charge is 0.0453 e. The van der Waals surface area contributed by atoms with Gasteiger partial charge in [0.25, 0.3) is 0 Å². The Balaban J connectivity index is 2.94. The molecule has 1 nitrogen and oxygen atoms in total. The first-order valence-electron chi connectivity index (χ1n) is 4.13. The highest BCUT2D eigenvalue weighted by atomic mass is 35.5. The van der Waals surface area contributed by atoms with E-state index in [1.807, 2.05) is 24.3 Å². The van der Waals surface area contributed by atoms with Gasteiger partial charge in [0.15, 0.2) is 0 Å². The molecular formula is C10H14ClN. The van der Waals surface area contributed by atoms with Crippen LogP contribution in [0.2, 0.25) is 5.02 Å². The molecule has 2 heteroatoms. The molecule has 1 atom stereocenters. The third-order valence-electron chi connectivity index (χ3n) is 1.98. The minimum Gasteiger partial charge on any atom is -0.324 e. The molecule has 2 N–H and O–H groups in total. The fourth-order valence-electron chi connectivity index (χ4n) is 1.10. The average molecular weight is 184 g/mol. The summed E-state index contributed by atoms with van der Waals surface area (Å²) in [5.74, 6) is 0.421. The molecule has 0 bridgehead atoms. The number of nitrogens with two attached hydrogens (primary N) is 1. The molecule has 0 aliphatic rings. The van der Waals surface area contributed by atoms with Crippen molar-refractivity contribution in [2.45, 2.75) is 19.9 Å². The molecule has 1 rings (SSSR count). The van der Waals surface area contributed by atoms with Gasteiger partial charge in [-0.1, -0.05) is 43.6 Å². The topological polar surface area (TPSA) is 26.0 Å². The lowest BCUT2D eigenvalue weighted by Gasteiger charge is -2.16. The van der Waals surface area contributed by atoms with Gasteiger partial charge in [-0.25, -0.2) is 0 Å². The lowest BCUT2D eigenvalue weighted by atomic mass is 9.97. The summed E-state index contributed by atoms with van der Waals surface area (Å²) < 4.78 is 0. The third-order valence-corrected chi connectivity index (χ3v) is 2.33. The van der Waals surface area contributed by atoms with E-state index in [4.69, 9.17) is 17.3 Å². The van der Waals surface area contributed by atoms with E-state index in [0.29, 0.717) is 5.92 Å². The maximum Gasteiger partial charge on any atom is 0.0453 e. The van der Waals surface area contributed by atoms with Crippen LogP contribution in [0.5, 0.6) is 0 Å². The normalized spacial score (nSPS) is 13.4. The predicted octanol–water partition coefficient (Wildman–Crippen LogP) is 3.00. The molecule has 0 aliphatic heterocycles. The summed E-state index contributed by atoms with van der Waals surface area (Å²) in [6, 6.07) is 7.77. The van der Waals surface area contributed by atoms with E-state index >= 15 is 0 Å². The molecule has 0 amide bonds. The fourth-order valence-corrected chi connectivity index (χ4v) is 1.37. The summed E-state index contributed by atoms with van der Waals surface area (Å²) in [4.78, 5) is 0. The molecular weight excluding hydrogens is 170 g/mol. The second kappa shape index (κ2) is 3.92. The van der Waals surface area contributed by atoms with Gasteiger partial charge in [-0.15, -0.1) is 0 Å². The molecule has 0 saturated heterocycles. The Hall–Kier alpha value is -0.530. The molecule has 66 valence electrons. The minimum atomic E-state index is 0.0405. The zero-order valence-corrected chi connectivity index (χ0v) is 8.18. The molecule has 12 heavy (non-hydrogen) atoms. The van der Waals surface area contributed by atoms with Crippen LogP contribution in [0.25, 0.3) is 0 Å². The van der Waals surface area contributed by atoms with Gasteiger partial charge in [0, 0.05) is 11.1 Å². The van der Waals surface area contributed by atoms with Crippen LogP contribution in [0, 0.1) is 5.92 Å². The highest BCUT2D eigenvalue weighted by molar-refractivity contribution is 6.31. The first-order valence-corrected chi connectivity index (χ1v) is 4.50. The minimum absolute atomic E-state index is 0.0405. The molecule has 0 heterocycles. The number of rotatable bonds is 2. The van der Waals surface area contributed by atoms with Gasteiger partial charge in [0.2, 0.25) is 0 Å². The van der Waals surface area contributed by atoms with Crippen LogP contribution in [0.4, 0.5) is 0 Å². The van der Waals surface area contributed by atoms with E-state index in [2.05, 4.69) is 13.8 Å². The van der Waals surface area contributed by atoms with Gasteiger partial charge in [-0.05, 0) is 17.5 Å². The average Bonchev–Trinajstić information content (AvgIpc) is 2.04. The van der Waals surface area contributed by atoms with Gasteiger partial charge >= 0.3 is 0 Å². The first kappa shape index (κ1) is 9.56. The highest BCUT2D eigenvalue weighted by Gasteiger charge is 2.12. The second-order valence-corrected chi connectivity index (χ2v) is 3.70. The molecule has 0 aromatic heterocycles. The van der Waals surface area contributed by atoms with Crippen molar-refractivity contribution in [1.82, 2.24) is 0 Å². The Kier molecular flexibility index (Phi) is 3.12. The summed E-state index contributed by atoms with van der Waals surface area (Å²) in [7, 11) is 0. The largest absolute Gasteiger partial charge is 0.324 e. The highest BCUT2D eigenvalue weighted by Crippen LogP contribution is 2.25. The second-order valence-electron chi connectivity index (χ2n) is 3.29. The number of benzene rings is 1. The zero-order chi connectivity index (χ0) is 9.14. The van der Waals surface area contributed by atoms with Crippen LogP contribution in [0.3, 0.4) is 0 Å². The van der Waals surface area contributed by atoms with E-state index in [1.54, 1.807) is 0 Å². The summed E-state index contributed by atoms with van der Waals surface area (Å²) in [5.41, 5.74) is 6.99. The maximum absolute atomic E-state index is 5.98. The van der Waals surface area contributed by atoms with E-state index < -0.39 is 0 Å². The van der Waals surface area contributed by atoms with Crippen molar-refractivity contribution >= 4 is 11.6 Å². The molecule has 1 aromatic rings. The van der Waals surface area contributed by atoms with Crippen LogP contribution in [-0.2, 0) is 0 Å². The van der Waals surface area contributed by atoms with Crippen LogP contribution >= 0.6 is 11.6 Å². The Morgan fingerprint density at radius 3 is 2.33 bits per heavy atom. The number of hydrogen-bond acceptors (Lipinski definition) is 1. The lowest BCUT2D eigenvalue weighted by molar-refractivity contribution is 0.514.